The summed E-state index contributed by atoms with van der Waals surface area (Å²) in [7, 11) is 0. The number of thiazole rings is 1. The monoisotopic (exact) mass is 441 g/mol. The SMILES string of the molecule is O=C(Nc1nc(-c2cccc(F)c2)cs1)c1ccc(OCC(=O)N2CCOCC2)cc1. The number of anilines is 1. The number of nitrogens with zero attached hydrogens (tertiary/aromatic N) is 2. The molecule has 2 heterocycles. The van der Waals surface area contributed by atoms with Gasteiger partial charge in [-0.1, -0.05) is 12.1 Å². The van der Waals surface area contributed by atoms with E-state index >= 15 is 0 Å². The fourth-order valence-electron chi connectivity index (χ4n) is 3.03. The molecular formula is C22H20FN3O4S. The average molecular weight is 441 g/mol. The molecule has 7 nitrogen and oxygen atoms in total. The van der Waals surface area contributed by atoms with Gasteiger partial charge in [-0.15, -0.1) is 11.3 Å². The maximum atomic E-state index is 13.4. The van der Waals surface area contributed by atoms with E-state index in [1.807, 2.05) is 0 Å². The highest BCUT2D eigenvalue weighted by Crippen LogP contribution is 2.25. The quantitative estimate of drug-likeness (QED) is 0.634. The summed E-state index contributed by atoms with van der Waals surface area (Å²) in [6, 6.07) is 12.6. The van der Waals surface area contributed by atoms with E-state index in [2.05, 4.69) is 10.3 Å². The normalized spacial score (nSPS) is 13.6. The molecule has 2 aromatic carbocycles. The molecule has 0 spiro atoms. The molecule has 1 fully saturated rings. The van der Waals surface area contributed by atoms with E-state index in [9.17, 15) is 14.0 Å². The lowest BCUT2D eigenvalue weighted by Gasteiger charge is -2.26. The summed E-state index contributed by atoms with van der Waals surface area (Å²) in [6.45, 7) is 2.15. The summed E-state index contributed by atoms with van der Waals surface area (Å²) in [4.78, 5) is 30.7. The zero-order valence-electron chi connectivity index (χ0n) is 16.5. The third kappa shape index (κ3) is 5.44. The third-order valence-electron chi connectivity index (χ3n) is 4.69. The Labute approximate surface area is 182 Å². The summed E-state index contributed by atoms with van der Waals surface area (Å²) in [5.74, 6) is -0.259. The second kappa shape index (κ2) is 9.67. The van der Waals surface area contributed by atoms with Crippen molar-refractivity contribution >= 4 is 28.3 Å². The fourth-order valence-corrected chi connectivity index (χ4v) is 3.75. The van der Waals surface area contributed by atoms with Crippen molar-refractivity contribution in [1.82, 2.24) is 9.88 Å². The van der Waals surface area contributed by atoms with Crippen molar-refractivity contribution in [1.29, 1.82) is 0 Å². The van der Waals surface area contributed by atoms with Crippen LogP contribution in [0, 0.1) is 5.82 Å². The second-order valence-electron chi connectivity index (χ2n) is 6.81. The van der Waals surface area contributed by atoms with Crippen LogP contribution < -0.4 is 10.1 Å². The van der Waals surface area contributed by atoms with Gasteiger partial charge in [0, 0.05) is 29.6 Å². The van der Waals surface area contributed by atoms with Gasteiger partial charge in [0.2, 0.25) is 0 Å². The minimum Gasteiger partial charge on any atom is -0.484 e. The van der Waals surface area contributed by atoms with Crippen LogP contribution in [0.15, 0.2) is 53.9 Å². The number of hydrogen-bond acceptors (Lipinski definition) is 6. The third-order valence-corrected chi connectivity index (χ3v) is 5.45. The van der Waals surface area contributed by atoms with Crippen LogP contribution in [0.5, 0.6) is 5.75 Å². The molecule has 3 aromatic rings. The molecule has 4 rings (SSSR count). The standard InChI is InChI=1S/C22H20FN3O4S/c23-17-3-1-2-16(12-17)19-14-31-22(24-19)25-21(28)15-4-6-18(7-5-15)30-13-20(27)26-8-10-29-11-9-26/h1-7,12,14H,8-11,13H2,(H,24,25,28). The Morgan fingerprint density at radius 1 is 1.16 bits per heavy atom. The van der Waals surface area contributed by atoms with E-state index in [0.717, 1.165) is 0 Å². The Hall–Kier alpha value is -3.30. The van der Waals surface area contributed by atoms with Gasteiger partial charge in [-0.05, 0) is 36.4 Å². The van der Waals surface area contributed by atoms with Gasteiger partial charge in [-0.3, -0.25) is 14.9 Å². The second-order valence-corrected chi connectivity index (χ2v) is 7.67. The Morgan fingerprint density at radius 2 is 1.94 bits per heavy atom. The minimum atomic E-state index is -0.343. The van der Waals surface area contributed by atoms with E-state index in [1.165, 1.54) is 23.5 Å². The molecule has 0 bridgehead atoms. The largest absolute Gasteiger partial charge is 0.484 e. The van der Waals surface area contributed by atoms with Gasteiger partial charge in [-0.25, -0.2) is 9.37 Å². The maximum absolute atomic E-state index is 13.4. The lowest BCUT2D eigenvalue weighted by atomic mass is 10.2. The predicted molar refractivity (Wildman–Crippen MR) is 115 cm³/mol. The Balaban J connectivity index is 1.32. The van der Waals surface area contributed by atoms with Crippen LogP contribution in [0.2, 0.25) is 0 Å². The van der Waals surface area contributed by atoms with E-state index in [1.54, 1.807) is 46.7 Å². The van der Waals surface area contributed by atoms with Gasteiger partial charge in [0.1, 0.15) is 11.6 Å². The van der Waals surface area contributed by atoms with Crippen LogP contribution in [-0.2, 0) is 9.53 Å². The minimum absolute atomic E-state index is 0.0620. The molecule has 1 saturated heterocycles. The van der Waals surface area contributed by atoms with E-state index in [0.29, 0.717) is 54.0 Å². The molecule has 2 amide bonds. The number of ether oxygens (including phenoxy) is 2. The van der Waals surface area contributed by atoms with Crippen molar-refractivity contribution in [3.8, 4) is 17.0 Å². The van der Waals surface area contributed by atoms with Gasteiger partial charge >= 0.3 is 0 Å². The number of halogens is 1. The van der Waals surface area contributed by atoms with E-state index in [4.69, 9.17) is 9.47 Å². The van der Waals surface area contributed by atoms with Crippen LogP contribution >= 0.6 is 11.3 Å². The van der Waals surface area contributed by atoms with Crippen molar-refractivity contribution in [3.05, 3.63) is 65.3 Å². The number of carbonyl (C=O) groups excluding carboxylic acids is 2. The highest BCUT2D eigenvalue weighted by molar-refractivity contribution is 7.14. The molecule has 31 heavy (non-hydrogen) atoms. The first kappa shape index (κ1) is 21.0. The number of aromatic nitrogens is 1. The molecule has 0 saturated carbocycles. The van der Waals surface area contributed by atoms with Crippen molar-refractivity contribution in [2.45, 2.75) is 0 Å². The molecule has 1 aliphatic heterocycles. The molecule has 160 valence electrons. The van der Waals surface area contributed by atoms with Crippen LogP contribution in [0.4, 0.5) is 9.52 Å². The van der Waals surface area contributed by atoms with Crippen molar-refractivity contribution in [2.24, 2.45) is 0 Å². The van der Waals surface area contributed by atoms with E-state index < -0.39 is 0 Å². The number of nitrogens with one attached hydrogen (secondary N) is 1. The molecular weight excluding hydrogens is 421 g/mol. The summed E-state index contributed by atoms with van der Waals surface area (Å²) in [6.07, 6.45) is 0. The summed E-state index contributed by atoms with van der Waals surface area (Å²) >= 11 is 1.26. The van der Waals surface area contributed by atoms with Gasteiger partial charge in [0.15, 0.2) is 11.7 Å². The summed E-state index contributed by atoms with van der Waals surface area (Å²) in [5, 5.41) is 4.91. The van der Waals surface area contributed by atoms with E-state index in [-0.39, 0.29) is 24.2 Å². The average Bonchev–Trinajstić information content (AvgIpc) is 3.27. The van der Waals surface area contributed by atoms with Gasteiger partial charge in [0.25, 0.3) is 11.8 Å². The molecule has 0 radical (unpaired) electrons. The Morgan fingerprint density at radius 3 is 2.68 bits per heavy atom. The van der Waals surface area contributed by atoms with Gasteiger partial charge in [0.05, 0.1) is 18.9 Å². The first-order chi connectivity index (χ1) is 15.1. The molecule has 0 unspecified atom stereocenters. The fraction of sp³-hybridized carbons (Fsp3) is 0.227. The highest BCUT2D eigenvalue weighted by atomic mass is 32.1. The molecule has 1 N–H and O–H groups in total. The first-order valence-electron chi connectivity index (χ1n) is 9.70. The van der Waals surface area contributed by atoms with Crippen LogP contribution in [0.1, 0.15) is 10.4 Å². The number of rotatable bonds is 6. The maximum Gasteiger partial charge on any atom is 0.260 e. The number of benzene rings is 2. The Bertz CT molecular complexity index is 1060. The number of amides is 2. The number of morpholine rings is 1. The van der Waals surface area contributed by atoms with Crippen molar-refractivity contribution in [2.75, 3.05) is 38.2 Å². The Kier molecular flexibility index (Phi) is 6.54. The van der Waals surface area contributed by atoms with Crippen molar-refractivity contribution < 1.29 is 23.5 Å². The molecule has 1 aromatic heterocycles. The highest BCUT2D eigenvalue weighted by Gasteiger charge is 2.17. The topological polar surface area (TPSA) is 80.8 Å². The smallest absolute Gasteiger partial charge is 0.260 e. The first-order valence-corrected chi connectivity index (χ1v) is 10.6. The van der Waals surface area contributed by atoms with Crippen LogP contribution in [-0.4, -0.2) is 54.6 Å². The molecule has 1 aliphatic rings. The predicted octanol–water partition coefficient (Wildman–Crippen LogP) is 3.44. The van der Waals surface area contributed by atoms with Crippen LogP contribution in [0.25, 0.3) is 11.3 Å². The molecule has 0 aliphatic carbocycles. The lowest BCUT2D eigenvalue weighted by molar-refractivity contribution is -0.137. The summed E-state index contributed by atoms with van der Waals surface area (Å²) < 4.78 is 24.1. The molecule has 0 atom stereocenters. The number of hydrogen-bond donors (Lipinski definition) is 1. The van der Waals surface area contributed by atoms with Gasteiger partial charge < -0.3 is 14.4 Å². The zero-order chi connectivity index (χ0) is 21.6. The molecule has 9 heteroatoms. The van der Waals surface area contributed by atoms with Crippen molar-refractivity contribution in [3.63, 3.8) is 0 Å². The van der Waals surface area contributed by atoms with Gasteiger partial charge in [-0.2, -0.15) is 0 Å². The zero-order valence-corrected chi connectivity index (χ0v) is 17.4. The summed E-state index contributed by atoms with van der Waals surface area (Å²) in [5.41, 5.74) is 1.66. The number of carbonyl (C=O) groups is 2. The van der Waals surface area contributed by atoms with Crippen LogP contribution in [0.3, 0.4) is 0 Å². The lowest BCUT2D eigenvalue weighted by Crippen LogP contribution is -2.42.